The van der Waals surface area contributed by atoms with Gasteiger partial charge >= 0.3 is 5.97 Å². The van der Waals surface area contributed by atoms with Crippen LogP contribution < -0.4 is 5.32 Å². The Morgan fingerprint density at radius 1 is 1.42 bits per heavy atom. The molecule has 26 heavy (non-hydrogen) atoms. The van der Waals surface area contributed by atoms with Gasteiger partial charge in [-0.1, -0.05) is 6.07 Å². The minimum Gasteiger partial charge on any atom is -0.480 e. The van der Waals surface area contributed by atoms with Gasteiger partial charge in [0.1, 0.15) is 11.5 Å². The third kappa shape index (κ3) is 3.32. The predicted octanol–water partition coefficient (Wildman–Crippen LogP) is 1.64. The fourth-order valence-electron chi connectivity index (χ4n) is 3.17. The van der Waals surface area contributed by atoms with Gasteiger partial charge in [-0.25, -0.2) is 13.9 Å². The van der Waals surface area contributed by atoms with Crippen molar-refractivity contribution in [3.8, 4) is 5.69 Å². The fraction of sp³-hybridized carbons (Fsp3) is 0.389. The molecule has 0 spiro atoms. The molecule has 2 aromatic rings. The highest BCUT2D eigenvalue weighted by Crippen LogP contribution is 2.29. The minimum absolute atomic E-state index is 0.140. The van der Waals surface area contributed by atoms with Gasteiger partial charge in [-0.2, -0.15) is 5.10 Å². The molecule has 2 N–H and O–H groups in total. The van der Waals surface area contributed by atoms with Crippen LogP contribution in [-0.4, -0.2) is 46.5 Å². The smallest absolute Gasteiger partial charge is 0.328 e. The monoisotopic (exact) mass is 361 g/mol. The molecule has 0 radical (unpaired) electrons. The molecule has 0 saturated heterocycles. The number of methoxy groups -OCH3 is 1. The second-order valence-electron chi connectivity index (χ2n) is 6.31. The van der Waals surface area contributed by atoms with E-state index in [1.807, 2.05) is 6.92 Å². The molecule has 7 nitrogen and oxygen atoms in total. The molecular formula is C18H20FN3O4. The highest BCUT2D eigenvalue weighted by atomic mass is 19.1. The Hall–Kier alpha value is -2.74. The number of aryl methyl sites for hydroxylation is 1. The van der Waals surface area contributed by atoms with Crippen LogP contribution >= 0.6 is 0 Å². The van der Waals surface area contributed by atoms with Crippen LogP contribution in [0.3, 0.4) is 0 Å². The van der Waals surface area contributed by atoms with Crippen LogP contribution in [0.15, 0.2) is 18.2 Å². The molecule has 0 fully saturated rings. The van der Waals surface area contributed by atoms with E-state index in [0.717, 1.165) is 23.2 Å². The van der Waals surface area contributed by atoms with Gasteiger partial charge in [0.25, 0.3) is 5.91 Å². The van der Waals surface area contributed by atoms with E-state index in [4.69, 9.17) is 4.74 Å². The van der Waals surface area contributed by atoms with Gasteiger partial charge in [0, 0.05) is 18.4 Å². The van der Waals surface area contributed by atoms with Crippen molar-refractivity contribution in [3.63, 3.8) is 0 Å². The van der Waals surface area contributed by atoms with Crippen molar-refractivity contribution in [3.05, 3.63) is 46.5 Å². The molecule has 1 heterocycles. The standard InChI is InChI=1S/C18H20FN3O4/c1-10-6-7-12(19)15(8-10)22-14-5-3-4-11(14)16(21-22)17(23)20-13(9-26-2)18(24)25/h6-8,13H,3-5,9H2,1-2H3,(H,20,23)(H,24,25). The molecule has 1 amide bonds. The van der Waals surface area contributed by atoms with Gasteiger partial charge in [-0.15, -0.1) is 0 Å². The van der Waals surface area contributed by atoms with E-state index in [1.54, 1.807) is 12.1 Å². The lowest BCUT2D eigenvalue weighted by Crippen LogP contribution is -2.44. The third-order valence-electron chi connectivity index (χ3n) is 4.41. The van der Waals surface area contributed by atoms with Gasteiger partial charge in [-0.3, -0.25) is 4.79 Å². The summed E-state index contributed by atoms with van der Waals surface area (Å²) >= 11 is 0. The third-order valence-corrected chi connectivity index (χ3v) is 4.41. The molecule has 1 atom stereocenters. The molecular weight excluding hydrogens is 341 g/mol. The van der Waals surface area contributed by atoms with E-state index in [9.17, 15) is 19.1 Å². The second kappa shape index (κ2) is 7.25. The zero-order valence-corrected chi connectivity index (χ0v) is 14.6. The van der Waals surface area contributed by atoms with E-state index in [1.165, 1.54) is 17.9 Å². The lowest BCUT2D eigenvalue weighted by atomic mass is 10.1. The summed E-state index contributed by atoms with van der Waals surface area (Å²) in [6.45, 7) is 1.69. The zero-order chi connectivity index (χ0) is 18.8. The van der Waals surface area contributed by atoms with Crippen molar-refractivity contribution >= 4 is 11.9 Å². The summed E-state index contributed by atoms with van der Waals surface area (Å²) in [5.74, 6) is -2.22. The number of aliphatic carboxylic acids is 1. The van der Waals surface area contributed by atoms with Crippen molar-refractivity contribution in [2.24, 2.45) is 0 Å². The Labute approximate surface area is 149 Å². The summed E-state index contributed by atoms with van der Waals surface area (Å²) < 4.78 is 20.6. The SMILES string of the molecule is COCC(NC(=O)c1nn(-c2cc(C)ccc2F)c2c1CCC2)C(=O)O. The van der Waals surface area contributed by atoms with Crippen LogP contribution in [0.5, 0.6) is 0 Å². The van der Waals surface area contributed by atoms with E-state index in [0.29, 0.717) is 12.8 Å². The maximum absolute atomic E-state index is 14.3. The van der Waals surface area contributed by atoms with Gasteiger partial charge < -0.3 is 15.2 Å². The summed E-state index contributed by atoms with van der Waals surface area (Å²) in [7, 11) is 1.36. The maximum Gasteiger partial charge on any atom is 0.328 e. The Morgan fingerprint density at radius 2 is 2.19 bits per heavy atom. The summed E-state index contributed by atoms with van der Waals surface area (Å²) in [5, 5.41) is 15.9. The van der Waals surface area contributed by atoms with Crippen molar-refractivity contribution in [2.45, 2.75) is 32.2 Å². The minimum atomic E-state index is -1.19. The first-order valence-corrected chi connectivity index (χ1v) is 8.32. The fourth-order valence-corrected chi connectivity index (χ4v) is 3.17. The molecule has 1 aliphatic rings. The van der Waals surface area contributed by atoms with E-state index in [2.05, 4.69) is 10.4 Å². The average molecular weight is 361 g/mol. The highest BCUT2D eigenvalue weighted by molar-refractivity contribution is 5.96. The summed E-state index contributed by atoms with van der Waals surface area (Å²) in [5.41, 5.74) is 2.83. The molecule has 1 unspecified atom stereocenters. The Balaban J connectivity index is 1.98. The number of amides is 1. The Kier molecular flexibility index (Phi) is 5.03. The van der Waals surface area contributed by atoms with Crippen molar-refractivity contribution < 1.29 is 23.8 Å². The number of hydrogen-bond donors (Lipinski definition) is 2. The second-order valence-corrected chi connectivity index (χ2v) is 6.31. The van der Waals surface area contributed by atoms with E-state index < -0.39 is 23.7 Å². The van der Waals surface area contributed by atoms with E-state index >= 15 is 0 Å². The normalized spacial score (nSPS) is 14.1. The van der Waals surface area contributed by atoms with Crippen molar-refractivity contribution in [1.82, 2.24) is 15.1 Å². The van der Waals surface area contributed by atoms with Crippen LogP contribution in [-0.2, 0) is 22.4 Å². The largest absolute Gasteiger partial charge is 0.480 e. The topological polar surface area (TPSA) is 93.5 Å². The number of benzene rings is 1. The van der Waals surface area contributed by atoms with Gasteiger partial charge in [0.2, 0.25) is 0 Å². The highest BCUT2D eigenvalue weighted by Gasteiger charge is 2.30. The number of carbonyl (C=O) groups is 2. The van der Waals surface area contributed by atoms with Crippen LogP contribution in [0.4, 0.5) is 4.39 Å². The first-order chi connectivity index (χ1) is 12.4. The molecule has 1 aromatic carbocycles. The number of nitrogens with one attached hydrogen (secondary N) is 1. The maximum atomic E-state index is 14.3. The summed E-state index contributed by atoms with van der Waals surface area (Å²) in [6, 6.07) is 3.53. The molecule has 138 valence electrons. The number of carboxylic acid groups (broad SMARTS) is 1. The first kappa shape index (κ1) is 18.1. The Bertz CT molecular complexity index is 862. The zero-order valence-electron chi connectivity index (χ0n) is 14.6. The summed E-state index contributed by atoms with van der Waals surface area (Å²) in [6.07, 6.45) is 2.16. The van der Waals surface area contributed by atoms with Crippen molar-refractivity contribution in [1.29, 1.82) is 0 Å². The van der Waals surface area contributed by atoms with Crippen molar-refractivity contribution in [2.75, 3.05) is 13.7 Å². The van der Waals surface area contributed by atoms with Gasteiger partial charge in [0.15, 0.2) is 11.7 Å². The number of hydrogen-bond acceptors (Lipinski definition) is 4. The number of carbonyl (C=O) groups excluding carboxylic acids is 1. The number of aromatic nitrogens is 2. The number of rotatable bonds is 6. The Morgan fingerprint density at radius 3 is 2.88 bits per heavy atom. The number of carboxylic acids is 1. The quantitative estimate of drug-likeness (QED) is 0.816. The first-order valence-electron chi connectivity index (χ1n) is 8.32. The van der Waals surface area contributed by atoms with Crippen LogP contribution in [0.2, 0.25) is 0 Å². The number of nitrogens with zero attached hydrogens (tertiary/aromatic N) is 2. The molecule has 1 aliphatic carbocycles. The molecule has 8 heteroatoms. The van der Waals surface area contributed by atoms with E-state index in [-0.39, 0.29) is 18.0 Å². The van der Waals surface area contributed by atoms with Crippen LogP contribution in [0.25, 0.3) is 5.69 Å². The summed E-state index contributed by atoms with van der Waals surface area (Å²) in [4.78, 5) is 23.8. The lowest BCUT2D eigenvalue weighted by Gasteiger charge is -2.12. The predicted molar refractivity (Wildman–Crippen MR) is 91.1 cm³/mol. The lowest BCUT2D eigenvalue weighted by molar-refractivity contribution is -0.140. The molecule has 0 aliphatic heterocycles. The molecule has 0 saturated carbocycles. The molecule has 1 aromatic heterocycles. The number of halogens is 1. The molecule has 0 bridgehead atoms. The van der Waals surface area contributed by atoms with Crippen LogP contribution in [0.1, 0.15) is 33.7 Å². The van der Waals surface area contributed by atoms with Gasteiger partial charge in [-0.05, 0) is 43.9 Å². The number of fused-ring (bicyclic) bond motifs is 1. The van der Waals surface area contributed by atoms with Gasteiger partial charge in [0.05, 0.1) is 6.61 Å². The average Bonchev–Trinajstić information content (AvgIpc) is 3.19. The van der Waals surface area contributed by atoms with Crippen LogP contribution in [0, 0.1) is 12.7 Å². The number of ether oxygens (including phenoxy) is 1. The molecule has 3 rings (SSSR count).